The Kier molecular flexibility index (Phi) is 5.74. The number of benzene rings is 2. The number of aromatic nitrogens is 2. The fourth-order valence-corrected chi connectivity index (χ4v) is 4.67. The Morgan fingerprint density at radius 3 is 2.73 bits per heavy atom. The maximum atomic E-state index is 7.93. The lowest BCUT2D eigenvalue weighted by Crippen LogP contribution is -2.48. The van der Waals surface area contributed by atoms with Gasteiger partial charge in [-0.2, -0.15) is 0 Å². The van der Waals surface area contributed by atoms with Crippen molar-refractivity contribution in [2.45, 2.75) is 26.4 Å². The zero-order valence-electron chi connectivity index (χ0n) is 19.1. The minimum atomic E-state index is 0.499. The summed E-state index contributed by atoms with van der Waals surface area (Å²) in [6, 6.07) is 12.7. The summed E-state index contributed by atoms with van der Waals surface area (Å²) in [4.78, 5) is 12.7. The minimum absolute atomic E-state index is 0.499. The highest BCUT2D eigenvalue weighted by Crippen LogP contribution is 2.35. The van der Waals surface area contributed by atoms with Gasteiger partial charge in [-0.05, 0) is 49.2 Å². The van der Waals surface area contributed by atoms with Crippen molar-refractivity contribution in [2.75, 3.05) is 31.9 Å². The first-order chi connectivity index (χ1) is 16.0. The molecule has 0 amide bonds. The van der Waals surface area contributed by atoms with Crippen molar-refractivity contribution in [1.82, 2.24) is 19.8 Å². The number of oxazole rings is 1. The molecule has 33 heavy (non-hydrogen) atoms. The first-order valence-corrected chi connectivity index (χ1v) is 11.5. The molecular formula is C26H30N6O. The first-order valence-electron chi connectivity index (χ1n) is 11.5. The number of nitrogens with two attached hydrogens (primary N) is 1. The molecule has 2 aromatic heterocycles. The van der Waals surface area contributed by atoms with E-state index < -0.39 is 0 Å². The Bertz CT molecular complexity index is 1280. The number of nitrogens with zero attached hydrogens (tertiary/aromatic N) is 3. The molecule has 0 unspecified atom stereocenters. The number of fused-ring (bicyclic) bond motifs is 1. The van der Waals surface area contributed by atoms with Gasteiger partial charge in [0.15, 0.2) is 0 Å². The van der Waals surface area contributed by atoms with Crippen LogP contribution in [0.15, 0.2) is 53.2 Å². The van der Waals surface area contributed by atoms with Crippen LogP contribution in [0.1, 0.15) is 25.2 Å². The highest BCUT2D eigenvalue weighted by molar-refractivity contribution is 6.00. The Labute approximate surface area is 193 Å². The minimum Gasteiger partial charge on any atom is -0.440 e. The molecule has 2 aromatic carbocycles. The molecular weight excluding hydrogens is 412 g/mol. The van der Waals surface area contributed by atoms with Gasteiger partial charge in [-0.25, -0.2) is 4.98 Å². The second kappa shape index (κ2) is 8.84. The largest absolute Gasteiger partial charge is 0.440 e. The summed E-state index contributed by atoms with van der Waals surface area (Å²) in [5.41, 5.74) is 11.4. The zero-order valence-corrected chi connectivity index (χ0v) is 19.1. The topological polar surface area (TPSA) is 98.2 Å². The van der Waals surface area contributed by atoms with E-state index in [1.807, 2.05) is 24.4 Å². The lowest BCUT2D eigenvalue weighted by Gasteiger charge is -2.36. The summed E-state index contributed by atoms with van der Waals surface area (Å²) >= 11 is 0. The number of nitrogens with one attached hydrogen (secondary N) is 2. The average molecular weight is 443 g/mol. The smallest absolute Gasteiger partial charge is 0.227 e. The van der Waals surface area contributed by atoms with Gasteiger partial charge < -0.3 is 20.5 Å². The van der Waals surface area contributed by atoms with Crippen LogP contribution in [0, 0.1) is 5.41 Å². The van der Waals surface area contributed by atoms with Crippen molar-refractivity contribution in [3.05, 3.63) is 60.1 Å². The van der Waals surface area contributed by atoms with Crippen LogP contribution in [0.25, 0.3) is 33.5 Å². The highest BCUT2D eigenvalue weighted by Gasteiger charge is 2.21. The molecule has 4 N–H and O–H groups in total. The standard InChI is InChI=1S/C26H30N6O/c1-17(2)32-10-8-31(9-11-32)16-19-15-30-26(33-19)22-12-18(13-24(28)23(22)14-27)20-4-3-5-25-21(20)6-7-29-25/h3-7,12-15,17,27,29H,8-11,16,28H2,1-2H3. The monoisotopic (exact) mass is 442 g/mol. The maximum absolute atomic E-state index is 7.93. The molecule has 4 aromatic rings. The van der Waals surface area contributed by atoms with Gasteiger partial charge in [0.2, 0.25) is 5.89 Å². The van der Waals surface area contributed by atoms with Crippen molar-refractivity contribution in [1.29, 1.82) is 5.41 Å². The molecule has 0 saturated carbocycles. The van der Waals surface area contributed by atoms with Gasteiger partial charge in [0.25, 0.3) is 0 Å². The number of hydrogen-bond donors (Lipinski definition) is 3. The summed E-state index contributed by atoms with van der Waals surface area (Å²) in [6.07, 6.45) is 5.01. The number of piperazine rings is 1. The molecule has 1 aliphatic heterocycles. The number of aromatic amines is 1. The van der Waals surface area contributed by atoms with Gasteiger partial charge in [-0.3, -0.25) is 9.80 Å². The summed E-state index contributed by atoms with van der Waals surface area (Å²) in [5.74, 6) is 1.33. The molecule has 1 saturated heterocycles. The lowest BCUT2D eigenvalue weighted by molar-refractivity contribution is 0.0992. The van der Waals surface area contributed by atoms with Crippen LogP contribution in [-0.2, 0) is 6.54 Å². The fourth-order valence-electron chi connectivity index (χ4n) is 4.67. The van der Waals surface area contributed by atoms with Crippen molar-refractivity contribution in [3.63, 3.8) is 0 Å². The number of H-pyrrole nitrogens is 1. The number of anilines is 1. The highest BCUT2D eigenvalue weighted by atomic mass is 16.4. The van der Waals surface area contributed by atoms with Gasteiger partial charge in [0.05, 0.1) is 12.7 Å². The third-order valence-corrected chi connectivity index (χ3v) is 6.56. The zero-order chi connectivity index (χ0) is 22.9. The van der Waals surface area contributed by atoms with E-state index in [0.717, 1.165) is 66.1 Å². The van der Waals surface area contributed by atoms with Gasteiger partial charge in [0, 0.05) is 72.3 Å². The molecule has 0 radical (unpaired) electrons. The number of nitrogen functional groups attached to an aromatic ring is 1. The van der Waals surface area contributed by atoms with Crippen LogP contribution in [-0.4, -0.2) is 58.2 Å². The lowest BCUT2D eigenvalue weighted by atomic mass is 9.95. The Morgan fingerprint density at radius 1 is 1.15 bits per heavy atom. The molecule has 170 valence electrons. The van der Waals surface area contributed by atoms with E-state index >= 15 is 0 Å². The van der Waals surface area contributed by atoms with E-state index in [9.17, 15) is 0 Å². The van der Waals surface area contributed by atoms with Crippen LogP contribution < -0.4 is 5.73 Å². The average Bonchev–Trinajstić information content (AvgIpc) is 3.48. The molecule has 0 aliphatic carbocycles. The van der Waals surface area contributed by atoms with E-state index in [-0.39, 0.29) is 0 Å². The molecule has 1 fully saturated rings. The van der Waals surface area contributed by atoms with Crippen molar-refractivity contribution in [2.24, 2.45) is 0 Å². The third-order valence-electron chi connectivity index (χ3n) is 6.56. The third kappa shape index (κ3) is 4.17. The van der Waals surface area contributed by atoms with Gasteiger partial charge in [0.1, 0.15) is 5.76 Å². The first kappa shape index (κ1) is 21.4. The second-order valence-corrected chi connectivity index (χ2v) is 8.95. The van der Waals surface area contributed by atoms with Crippen LogP contribution >= 0.6 is 0 Å². The Hall–Kier alpha value is -3.42. The molecule has 0 atom stereocenters. The van der Waals surface area contributed by atoms with E-state index in [1.54, 1.807) is 6.20 Å². The molecule has 7 heteroatoms. The second-order valence-electron chi connectivity index (χ2n) is 8.95. The summed E-state index contributed by atoms with van der Waals surface area (Å²) < 4.78 is 6.18. The van der Waals surface area contributed by atoms with E-state index in [4.69, 9.17) is 15.6 Å². The van der Waals surface area contributed by atoms with Crippen LogP contribution in [0.5, 0.6) is 0 Å². The van der Waals surface area contributed by atoms with Crippen molar-refractivity contribution >= 4 is 22.8 Å². The van der Waals surface area contributed by atoms with Gasteiger partial charge in [-0.15, -0.1) is 0 Å². The quantitative estimate of drug-likeness (QED) is 0.300. The number of rotatable bonds is 6. The van der Waals surface area contributed by atoms with E-state index in [1.165, 1.54) is 6.21 Å². The summed E-state index contributed by atoms with van der Waals surface area (Å²) in [7, 11) is 0. The molecule has 1 aliphatic rings. The van der Waals surface area contributed by atoms with E-state index in [0.29, 0.717) is 23.2 Å². The van der Waals surface area contributed by atoms with Crippen LogP contribution in [0.4, 0.5) is 5.69 Å². The Morgan fingerprint density at radius 2 is 1.97 bits per heavy atom. The molecule has 7 nitrogen and oxygen atoms in total. The summed E-state index contributed by atoms with van der Waals surface area (Å²) in [5, 5.41) is 9.05. The molecule has 5 rings (SSSR count). The molecule has 0 bridgehead atoms. The molecule has 3 heterocycles. The normalized spacial score (nSPS) is 15.5. The van der Waals surface area contributed by atoms with Crippen LogP contribution in [0.3, 0.4) is 0 Å². The van der Waals surface area contributed by atoms with Crippen molar-refractivity contribution in [3.8, 4) is 22.6 Å². The Balaban J connectivity index is 1.44. The fraction of sp³-hybridized carbons (Fsp3) is 0.308. The van der Waals surface area contributed by atoms with E-state index in [2.05, 4.69) is 51.8 Å². The predicted molar refractivity (Wildman–Crippen MR) is 134 cm³/mol. The van der Waals surface area contributed by atoms with Gasteiger partial charge in [-0.1, -0.05) is 12.1 Å². The van der Waals surface area contributed by atoms with Crippen LogP contribution in [0.2, 0.25) is 0 Å². The number of hydrogen-bond acceptors (Lipinski definition) is 6. The molecule has 0 spiro atoms. The van der Waals surface area contributed by atoms with Crippen molar-refractivity contribution < 1.29 is 4.42 Å². The SMILES string of the molecule is CC(C)N1CCN(Cc2cnc(-c3cc(-c4cccc5[nH]ccc45)cc(N)c3C=N)o2)CC1. The predicted octanol–water partition coefficient (Wildman–Crippen LogP) is 4.60. The maximum Gasteiger partial charge on any atom is 0.227 e. The van der Waals surface area contributed by atoms with Gasteiger partial charge >= 0.3 is 0 Å². The summed E-state index contributed by atoms with van der Waals surface area (Å²) in [6.45, 7) is 9.40.